The van der Waals surface area contributed by atoms with Gasteiger partial charge in [0, 0.05) is 6.61 Å². The van der Waals surface area contributed by atoms with E-state index in [-0.39, 0.29) is 0 Å². The minimum atomic E-state index is 0.589. The van der Waals surface area contributed by atoms with Gasteiger partial charge in [-0.1, -0.05) is 97.3 Å². The minimum Gasteiger partial charge on any atom is -0.378 e. The summed E-state index contributed by atoms with van der Waals surface area (Å²) in [4.78, 5) is 0. The van der Waals surface area contributed by atoms with E-state index in [1.54, 1.807) is 0 Å². The van der Waals surface area contributed by atoms with E-state index in [4.69, 9.17) is 4.74 Å². The van der Waals surface area contributed by atoms with Crippen LogP contribution < -0.4 is 0 Å². The number of unbranched alkanes of at least 4 members (excludes halogenated alkanes) is 9. The molecule has 0 saturated heterocycles. The third-order valence-corrected chi connectivity index (χ3v) is 7.84. The molecule has 0 radical (unpaired) electrons. The van der Waals surface area contributed by atoms with Crippen LogP contribution in [0.5, 0.6) is 0 Å². The summed E-state index contributed by atoms with van der Waals surface area (Å²) >= 11 is 0. The van der Waals surface area contributed by atoms with Crippen molar-refractivity contribution in [3.63, 3.8) is 0 Å². The van der Waals surface area contributed by atoms with Crippen molar-refractivity contribution in [1.82, 2.24) is 0 Å². The van der Waals surface area contributed by atoms with Crippen molar-refractivity contribution < 1.29 is 4.74 Å². The van der Waals surface area contributed by atoms with Crippen LogP contribution in [0.4, 0.5) is 0 Å². The summed E-state index contributed by atoms with van der Waals surface area (Å²) < 4.78 is 6.17. The fraction of sp³-hybridized carbons (Fsp3) is 1.00. The van der Waals surface area contributed by atoms with Gasteiger partial charge in [0.15, 0.2) is 0 Å². The fourth-order valence-corrected chi connectivity index (χ4v) is 5.84. The smallest absolute Gasteiger partial charge is 0.0575 e. The molecular weight excluding hydrogens is 340 g/mol. The van der Waals surface area contributed by atoms with Gasteiger partial charge in [-0.15, -0.1) is 0 Å². The third-order valence-electron chi connectivity index (χ3n) is 7.84. The monoisotopic (exact) mass is 392 g/mol. The van der Waals surface area contributed by atoms with Gasteiger partial charge in [-0.2, -0.15) is 0 Å². The number of ether oxygens (including phenoxy) is 1. The fourth-order valence-electron chi connectivity index (χ4n) is 5.84. The zero-order valence-corrected chi connectivity index (χ0v) is 19.6. The third kappa shape index (κ3) is 10.1. The molecule has 0 heterocycles. The van der Waals surface area contributed by atoms with E-state index in [1.807, 2.05) is 0 Å². The molecule has 2 aliphatic carbocycles. The molecule has 0 aromatic rings. The van der Waals surface area contributed by atoms with Crippen LogP contribution in [0.25, 0.3) is 0 Å². The standard InChI is InChI=1S/C27H52O/c1-3-5-7-9-10-11-12-14-24-15-17-25(18-16-24)26-19-21-27(22-20-26)28-23-13-8-6-4-2/h24-27H,3-23H2,1-2H3/t24?,25?,26-,27-. The van der Waals surface area contributed by atoms with Crippen molar-refractivity contribution in [2.45, 2.75) is 148 Å². The SMILES string of the molecule is CCCCCCCCCC1CCC([C@H]2CC[C@H](OCCCCCC)CC2)CC1. The van der Waals surface area contributed by atoms with Crippen LogP contribution in [-0.2, 0) is 4.74 Å². The molecule has 2 saturated carbocycles. The van der Waals surface area contributed by atoms with Crippen molar-refractivity contribution >= 4 is 0 Å². The topological polar surface area (TPSA) is 9.23 Å². The summed E-state index contributed by atoms with van der Waals surface area (Å²) in [6.45, 7) is 5.61. The van der Waals surface area contributed by atoms with Crippen LogP contribution in [0.15, 0.2) is 0 Å². The van der Waals surface area contributed by atoms with E-state index in [9.17, 15) is 0 Å². The van der Waals surface area contributed by atoms with Crippen LogP contribution in [0.2, 0.25) is 0 Å². The number of hydrogen-bond donors (Lipinski definition) is 0. The van der Waals surface area contributed by atoms with Gasteiger partial charge in [-0.25, -0.2) is 0 Å². The maximum atomic E-state index is 6.17. The quantitative estimate of drug-likeness (QED) is 0.252. The molecule has 0 atom stereocenters. The highest BCUT2D eigenvalue weighted by Gasteiger charge is 2.30. The lowest BCUT2D eigenvalue weighted by molar-refractivity contribution is 0.00529. The lowest BCUT2D eigenvalue weighted by Gasteiger charge is -2.38. The Morgan fingerprint density at radius 1 is 0.536 bits per heavy atom. The van der Waals surface area contributed by atoms with Crippen LogP contribution in [-0.4, -0.2) is 12.7 Å². The van der Waals surface area contributed by atoms with E-state index in [0.29, 0.717) is 6.10 Å². The highest BCUT2D eigenvalue weighted by Crippen LogP contribution is 2.41. The summed E-state index contributed by atoms with van der Waals surface area (Å²) in [7, 11) is 0. The van der Waals surface area contributed by atoms with E-state index < -0.39 is 0 Å². The second-order valence-corrected chi connectivity index (χ2v) is 10.2. The minimum absolute atomic E-state index is 0.589. The molecule has 0 aromatic heterocycles. The second-order valence-electron chi connectivity index (χ2n) is 10.2. The lowest BCUT2D eigenvalue weighted by atomic mass is 9.70. The Labute approximate surface area is 177 Å². The summed E-state index contributed by atoms with van der Waals surface area (Å²) in [5, 5.41) is 0. The summed E-state index contributed by atoms with van der Waals surface area (Å²) in [6, 6.07) is 0. The zero-order valence-electron chi connectivity index (χ0n) is 19.6. The van der Waals surface area contributed by atoms with Gasteiger partial charge in [-0.05, 0) is 62.7 Å². The van der Waals surface area contributed by atoms with Crippen molar-refractivity contribution in [1.29, 1.82) is 0 Å². The van der Waals surface area contributed by atoms with Gasteiger partial charge in [0.1, 0.15) is 0 Å². The second kappa shape index (κ2) is 15.8. The average Bonchev–Trinajstić information content (AvgIpc) is 2.74. The predicted molar refractivity (Wildman–Crippen MR) is 124 cm³/mol. The molecule has 0 amide bonds. The van der Waals surface area contributed by atoms with Gasteiger partial charge in [-0.3, -0.25) is 0 Å². The molecule has 0 bridgehead atoms. The molecular formula is C27H52O. The molecule has 166 valence electrons. The molecule has 0 unspecified atom stereocenters. The summed E-state index contributed by atoms with van der Waals surface area (Å²) in [6.07, 6.45) is 29.4. The number of rotatable bonds is 15. The summed E-state index contributed by atoms with van der Waals surface area (Å²) in [5.41, 5.74) is 0. The van der Waals surface area contributed by atoms with E-state index in [0.717, 1.165) is 24.4 Å². The van der Waals surface area contributed by atoms with Crippen LogP contribution in [0.1, 0.15) is 142 Å². The largest absolute Gasteiger partial charge is 0.378 e. The van der Waals surface area contributed by atoms with Crippen molar-refractivity contribution in [3.05, 3.63) is 0 Å². The molecule has 0 N–H and O–H groups in total. The van der Waals surface area contributed by atoms with Crippen molar-refractivity contribution in [3.8, 4) is 0 Å². The Balaban J connectivity index is 1.46. The van der Waals surface area contributed by atoms with Crippen LogP contribution in [0, 0.1) is 17.8 Å². The van der Waals surface area contributed by atoms with Crippen LogP contribution >= 0.6 is 0 Å². The Kier molecular flexibility index (Phi) is 13.6. The maximum absolute atomic E-state index is 6.17. The molecule has 0 aromatic carbocycles. The molecule has 1 heteroatoms. The van der Waals surface area contributed by atoms with Gasteiger partial charge in [0.2, 0.25) is 0 Å². The van der Waals surface area contributed by atoms with Gasteiger partial charge >= 0.3 is 0 Å². The molecule has 1 nitrogen and oxygen atoms in total. The van der Waals surface area contributed by atoms with E-state index >= 15 is 0 Å². The Morgan fingerprint density at radius 3 is 1.64 bits per heavy atom. The molecule has 2 aliphatic rings. The molecule has 0 aliphatic heterocycles. The first-order chi connectivity index (χ1) is 13.8. The van der Waals surface area contributed by atoms with Crippen LogP contribution in [0.3, 0.4) is 0 Å². The highest BCUT2D eigenvalue weighted by molar-refractivity contribution is 4.82. The molecule has 2 fully saturated rings. The normalized spacial score (nSPS) is 28.5. The lowest BCUT2D eigenvalue weighted by Crippen LogP contribution is -2.28. The zero-order chi connectivity index (χ0) is 19.9. The molecule has 2 rings (SSSR count). The molecule has 0 spiro atoms. The van der Waals surface area contributed by atoms with Gasteiger partial charge in [0.05, 0.1) is 6.10 Å². The van der Waals surface area contributed by atoms with Crippen molar-refractivity contribution in [2.75, 3.05) is 6.61 Å². The first-order valence-corrected chi connectivity index (χ1v) is 13.4. The maximum Gasteiger partial charge on any atom is 0.0575 e. The average molecular weight is 393 g/mol. The van der Waals surface area contributed by atoms with Crippen molar-refractivity contribution in [2.24, 2.45) is 17.8 Å². The van der Waals surface area contributed by atoms with Gasteiger partial charge < -0.3 is 4.74 Å². The van der Waals surface area contributed by atoms with Gasteiger partial charge in [0.25, 0.3) is 0 Å². The Hall–Kier alpha value is -0.0400. The first-order valence-electron chi connectivity index (χ1n) is 13.4. The Morgan fingerprint density at radius 2 is 1.04 bits per heavy atom. The predicted octanol–water partition coefficient (Wildman–Crippen LogP) is 9.09. The summed E-state index contributed by atoms with van der Waals surface area (Å²) in [5.74, 6) is 3.14. The Bertz CT molecular complexity index is 336. The molecule has 28 heavy (non-hydrogen) atoms. The number of hydrogen-bond acceptors (Lipinski definition) is 1. The highest BCUT2D eigenvalue weighted by atomic mass is 16.5. The van der Waals surface area contributed by atoms with E-state index in [1.165, 1.54) is 128 Å². The van der Waals surface area contributed by atoms with E-state index in [2.05, 4.69) is 13.8 Å². The first kappa shape index (κ1) is 24.2.